The maximum atomic E-state index is 4.44. The molecule has 2 heterocycles. The van der Waals surface area contributed by atoms with Crippen molar-refractivity contribution in [3.8, 4) is 0 Å². The molecule has 0 aliphatic carbocycles. The second-order valence-electron chi connectivity index (χ2n) is 4.50. The van der Waals surface area contributed by atoms with Gasteiger partial charge < -0.3 is 10.6 Å². The van der Waals surface area contributed by atoms with Crippen LogP contribution in [0.2, 0.25) is 0 Å². The summed E-state index contributed by atoms with van der Waals surface area (Å²) in [4.78, 5) is 8.67. The van der Waals surface area contributed by atoms with Gasteiger partial charge in [-0.1, -0.05) is 18.2 Å². The van der Waals surface area contributed by atoms with Crippen LogP contribution in [0.4, 0.5) is 17.1 Å². The standard InChI is InChI=1S/C16H16N4/c1-2-18-13-9-14(11-17-10-13)20-15-7-3-5-12-6-4-8-19-16(12)15/h3-11,18,20H,2H2,1H3. The Labute approximate surface area is 117 Å². The highest BCUT2D eigenvalue weighted by molar-refractivity contribution is 5.92. The molecule has 2 aromatic heterocycles. The van der Waals surface area contributed by atoms with E-state index in [1.807, 2.05) is 36.7 Å². The van der Waals surface area contributed by atoms with Crippen molar-refractivity contribution < 1.29 is 0 Å². The van der Waals surface area contributed by atoms with E-state index in [1.54, 1.807) is 6.20 Å². The third-order valence-corrected chi connectivity index (χ3v) is 3.03. The van der Waals surface area contributed by atoms with E-state index in [4.69, 9.17) is 0 Å². The number of benzene rings is 1. The van der Waals surface area contributed by atoms with E-state index in [-0.39, 0.29) is 0 Å². The van der Waals surface area contributed by atoms with Crippen molar-refractivity contribution >= 4 is 28.0 Å². The Hall–Kier alpha value is -2.62. The fraction of sp³-hybridized carbons (Fsp3) is 0.125. The molecule has 1 aromatic carbocycles. The van der Waals surface area contributed by atoms with Gasteiger partial charge in [0, 0.05) is 18.1 Å². The lowest BCUT2D eigenvalue weighted by Crippen LogP contribution is -1.99. The van der Waals surface area contributed by atoms with Gasteiger partial charge in [-0.05, 0) is 25.1 Å². The van der Waals surface area contributed by atoms with Crippen molar-refractivity contribution in [2.24, 2.45) is 0 Å². The smallest absolute Gasteiger partial charge is 0.0936 e. The molecule has 4 nitrogen and oxygen atoms in total. The van der Waals surface area contributed by atoms with Crippen LogP contribution >= 0.6 is 0 Å². The Balaban J connectivity index is 1.95. The molecule has 3 rings (SSSR count). The summed E-state index contributed by atoms with van der Waals surface area (Å²) in [5.74, 6) is 0. The summed E-state index contributed by atoms with van der Waals surface area (Å²) in [6.07, 6.45) is 5.43. The zero-order valence-electron chi connectivity index (χ0n) is 11.3. The molecule has 3 aromatic rings. The molecule has 20 heavy (non-hydrogen) atoms. The summed E-state index contributed by atoms with van der Waals surface area (Å²) in [7, 11) is 0. The second kappa shape index (κ2) is 5.57. The first kappa shape index (κ1) is 12.4. The number of pyridine rings is 2. The molecular formula is C16H16N4. The zero-order valence-corrected chi connectivity index (χ0v) is 11.3. The average molecular weight is 264 g/mol. The quantitative estimate of drug-likeness (QED) is 0.752. The number of fused-ring (bicyclic) bond motifs is 1. The predicted molar refractivity (Wildman–Crippen MR) is 83.4 cm³/mol. The normalized spacial score (nSPS) is 10.4. The zero-order chi connectivity index (χ0) is 13.8. The third kappa shape index (κ3) is 2.54. The van der Waals surface area contributed by atoms with E-state index >= 15 is 0 Å². The summed E-state index contributed by atoms with van der Waals surface area (Å²) in [5.41, 5.74) is 3.90. The van der Waals surface area contributed by atoms with E-state index in [2.05, 4.69) is 39.7 Å². The first-order valence-corrected chi connectivity index (χ1v) is 6.66. The highest BCUT2D eigenvalue weighted by Gasteiger charge is 2.02. The molecule has 0 aliphatic rings. The number of nitrogens with zero attached hydrogens (tertiary/aromatic N) is 2. The van der Waals surface area contributed by atoms with Crippen LogP contribution in [0.3, 0.4) is 0 Å². The number of para-hydroxylation sites is 1. The summed E-state index contributed by atoms with van der Waals surface area (Å²) >= 11 is 0. The minimum atomic E-state index is 0.876. The molecule has 0 saturated carbocycles. The highest BCUT2D eigenvalue weighted by Crippen LogP contribution is 2.25. The van der Waals surface area contributed by atoms with Gasteiger partial charge in [0.25, 0.3) is 0 Å². The fourth-order valence-corrected chi connectivity index (χ4v) is 2.17. The van der Waals surface area contributed by atoms with Crippen LogP contribution in [0.1, 0.15) is 6.92 Å². The Morgan fingerprint density at radius 3 is 2.80 bits per heavy atom. The molecule has 0 aliphatic heterocycles. The second-order valence-corrected chi connectivity index (χ2v) is 4.50. The molecule has 4 heteroatoms. The molecule has 0 spiro atoms. The van der Waals surface area contributed by atoms with Crippen LogP contribution in [0.5, 0.6) is 0 Å². The van der Waals surface area contributed by atoms with E-state index in [0.29, 0.717) is 0 Å². The van der Waals surface area contributed by atoms with Crippen LogP contribution in [-0.2, 0) is 0 Å². The first-order valence-electron chi connectivity index (χ1n) is 6.66. The van der Waals surface area contributed by atoms with Gasteiger partial charge in [0.15, 0.2) is 0 Å². The van der Waals surface area contributed by atoms with Crippen molar-refractivity contribution in [3.05, 3.63) is 55.0 Å². The van der Waals surface area contributed by atoms with Gasteiger partial charge in [-0.15, -0.1) is 0 Å². The maximum Gasteiger partial charge on any atom is 0.0936 e. The van der Waals surface area contributed by atoms with Crippen molar-refractivity contribution in [3.63, 3.8) is 0 Å². The van der Waals surface area contributed by atoms with E-state index in [0.717, 1.165) is 34.5 Å². The van der Waals surface area contributed by atoms with Crippen LogP contribution in [-0.4, -0.2) is 16.5 Å². The topological polar surface area (TPSA) is 49.8 Å². The van der Waals surface area contributed by atoms with Crippen LogP contribution in [0.15, 0.2) is 55.0 Å². The van der Waals surface area contributed by atoms with Gasteiger partial charge in [-0.2, -0.15) is 0 Å². The van der Waals surface area contributed by atoms with E-state index in [9.17, 15) is 0 Å². The SMILES string of the molecule is CCNc1cncc(Nc2cccc3cccnc23)c1. The van der Waals surface area contributed by atoms with Gasteiger partial charge in [-0.3, -0.25) is 9.97 Å². The predicted octanol–water partition coefficient (Wildman–Crippen LogP) is 3.81. The minimum Gasteiger partial charge on any atom is -0.384 e. The van der Waals surface area contributed by atoms with Crippen LogP contribution in [0.25, 0.3) is 10.9 Å². The maximum absolute atomic E-state index is 4.44. The highest BCUT2D eigenvalue weighted by atomic mass is 14.9. The number of anilines is 3. The molecule has 0 radical (unpaired) electrons. The van der Waals surface area contributed by atoms with Gasteiger partial charge in [-0.25, -0.2) is 0 Å². The Morgan fingerprint density at radius 1 is 1.05 bits per heavy atom. The van der Waals surface area contributed by atoms with Crippen molar-refractivity contribution in [2.45, 2.75) is 6.92 Å². The first-order chi connectivity index (χ1) is 9.86. The largest absolute Gasteiger partial charge is 0.384 e. The van der Waals surface area contributed by atoms with Crippen LogP contribution in [0, 0.1) is 0 Å². The Bertz CT molecular complexity index is 719. The van der Waals surface area contributed by atoms with Crippen LogP contribution < -0.4 is 10.6 Å². The summed E-state index contributed by atoms with van der Waals surface area (Å²) < 4.78 is 0. The monoisotopic (exact) mass is 264 g/mol. The molecule has 0 atom stereocenters. The lowest BCUT2D eigenvalue weighted by molar-refractivity contribution is 1.19. The molecule has 100 valence electrons. The summed E-state index contributed by atoms with van der Waals surface area (Å²) in [6.45, 7) is 2.94. The number of aromatic nitrogens is 2. The lowest BCUT2D eigenvalue weighted by atomic mass is 10.2. The fourth-order valence-electron chi connectivity index (χ4n) is 2.17. The number of hydrogen-bond donors (Lipinski definition) is 2. The minimum absolute atomic E-state index is 0.876. The molecule has 0 unspecified atom stereocenters. The van der Waals surface area contributed by atoms with Crippen molar-refractivity contribution in [1.82, 2.24) is 9.97 Å². The summed E-state index contributed by atoms with van der Waals surface area (Å²) in [5, 5.41) is 7.75. The van der Waals surface area contributed by atoms with E-state index in [1.165, 1.54) is 0 Å². The molecule has 2 N–H and O–H groups in total. The average Bonchev–Trinajstić information content (AvgIpc) is 2.48. The Morgan fingerprint density at radius 2 is 1.90 bits per heavy atom. The number of nitrogens with one attached hydrogen (secondary N) is 2. The third-order valence-electron chi connectivity index (χ3n) is 3.03. The lowest BCUT2D eigenvalue weighted by Gasteiger charge is -2.10. The van der Waals surface area contributed by atoms with Gasteiger partial charge in [0.05, 0.1) is 35.0 Å². The van der Waals surface area contributed by atoms with Gasteiger partial charge in [0.1, 0.15) is 0 Å². The van der Waals surface area contributed by atoms with Crippen molar-refractivity contribution in [1.29, 1.82) is 0 Å². The van der Waals surface area contributed by atoms with Gasteiger partial charge in [0.2, 0.25) is 0 Å². The molecule has 0 fully saturated rings. The molecule has 0 saturated heterocycles. The summed E-state index contributed by atoms with van der Waals surface area (Å²) in [6, 6.07) is 12.1. The van der Waals surface area contributed by atoms with Crippen molar-refractivity contribution in [2.75, 3.05) is 17.2 Å². The number of rotatable bonds is 4. The van der Waals surface area contributed by atoms with Gasteiger partial charge >= 0.3 is 0 Å². The molecule has 0 bridgehead atoms. The van der Waals surface area contributed by atoms with E-state index < -0.39 is 0 Å². The number of hydrogen-bond acceptors (Lipinski definition) is 4. The molecular weight excluding hydrogens is 248 g/mol. The molecule has 0 amide bonds. The Kier molecular flexibility index (Phi) is 3.46.